The van der Waals surface area contributed by atoms with E-state index in [1.54, 1.807) is 17.9 Å². The molecule has 9 nitrogen and oxygen atoms in total. The van der Waals surface area contributed by atoms with Gasteiger partial charge in [-0.2, -0.15) is 5.26 Å². The van der Waals surface area contributed by atoms with Crippen LogP contribution in [0.25, 0.3) is 0 Å². The van der Waals surface area contributed by atoms with Crippen molar-refractivity contribution in [3.05, 3.63) is 51.0 Å². The summed E-state index contributed by atoms with van der Waals surface area (Å²) in [4.78, 5) is 31.2. The van der Waals surface area contributed by atoms with Crippen LogP contribution in [0.3, 0.4) is 0 Å². The van der Waals surface area contributed by atoms with Crippen LogP contribution in [0.4, 0.5) is 11.6 Å². The molecule has 144 valence electrons. The van der Waals surface area contributed by atoms with Gasteiger partial charge in [0, 0.05) is 49.3 Å². The molecule has 0 atom stereocenters. The Labute approximate surface area is 161 Å². The molecule has 9 heteroatoms. The Morgan fingerprint density at radius 2 is 2.04 bits per heavy atom. The maximum absolute atomic E-state index is 12.8. The lowest BCUT2D eigenvalue weighted by atomic mass is 10.1. The molecule has 1 aromatic heterocycles. The highest BCUT2D eigenvalue weighted by Gasteiger charge is 2.33. The van der Waals surface area contributed by atoms with Gasteiger partial charge in [-0.25, -0.2) is 4.98 Å². The summed E-state index contributed by atoms with van der Waals surface area (Å²) in [5.74, 6) is 1.29. The smallest absolute Gasteiger partial charge is 0.272 e. The van der Waals surface area contributed by atoms with Crippen molar-refractivity contribution in [1.29, 1.82) is 5.26 Å². The third-order valence-corrected chi connectivity index (χ3v) is 5.15. The third-order valence-electron chi connectivity index (χ3n) is 5.15. The van der Waals surface area contributed by atoms with Crippen LogP contribution < -0.4 is 4.90 Å². The van der Waals surface area contributed by atoms with E-state index in [0.29, 0.717) is 60.7 Å². The molecule has 1 saturated heterocycles. The summed E-state index contributed by atoms with van der Waals surface area (Å²) in [6.07, 6.45) is 2.09. The molecule has 1 saturated carbocycles. The second-order valence-corrected chi connectivity index (χ2v) is 7.13. The van der Waals surface area contributed by atoms with Crippen molar-refractivity contribution >= 4 is 17.5 Å². The number of aryl methyl sites for hydroxylation is 1. The summed E-state index contributed by atoms with van der Waals surface area (Å²) in [5.41, 5.74) is 1.20. The maximum Gasteiger partial charge on any atom is 0.272 e. The lowest BCUT2D eigenvalue weighted by Gasteiger charge is -2.34. The first kappa shape index (κ1) is 18.0. The summed E-state index contributed by atoms with van der Waals surface area (Å²) in [7, 11) is 0. The zero-order valence-corrected chi connectivity index (χ0v) is 15.4. The minimum Gasteiger partial charge on any atom is -0.423 e. The Hall–Kier alpha value is -3.41. The number of nitro benzene ring substituents is 1. The number of anilines is 1. The van der Waals surface area contributed by atoms with Crippen LogP contribution in [0.5, 0.6) is 0 Å². The number of benzene rings is 1. The van der Waals surface area contributed by atoms with Gasteiger partial charge in [0.2, 0.25) is 17.5 Å². The van der Waals surface area contributed by atoms with Gasteiger partial charge in [0.1, 0.15) is 6.07 Å². The summed E-state index contributed by atoms with van der Waals surface area (Å²) in [5, 5.41) is 20.3. The molecule has 2 aromatic rings. The first-order valence-electron chi connectivity index (χ1n) is 9.18. The van der Waals surface area contributed by atoms with Crippen LogP contribution in [0.2, 0.25) is 0 Å². The molecule has 28 heavy (non-hydrogen) atoms. The number of aromatic nitrogens is 1. The quantitative estimate of drug-likeness (QED) is 0.590. The molecule has 2 fully saturated rings. The van der Waals surface area contributed by atoms with Crippen molar-refractivity contribution in [1.82, 2.24) is 9.88 Å². The van der Waals surface area contributed by atoms with Gasteiger partial charge in [-0.15, -0.1) is 0 Å². The van der Waals surface area contributed by atoms with Crippen molar-refractivity contribution in [2.75, 3.05) is 31.1 Å². The number of nitrogens with zero attached hydrogens (tertiary/aromatic N) is 5. The lowest BCUT2D eigenvalue weighted by molar-refractivity contribution is -0.385. The Bertz CT molecular complexity index is 981. The molecule has 0 unspecified atom stereocenters. The van der Waals surface area contributed by atoms with Crippen molar-refractivity contribution in [2.45, 2.75) is 25.7 Å². The van der Waals surface area contributed by atoms with E-state index in [1.165, 1.54) is 12.1 Å². The fourth-order valence-corrected chi connectivity index (χ4v) is 3.41. The molecule has 0 bridgehead atoms. The number of nitriles is 1. The highest BCUT2D eigenvalue weighted by molar-refractivity contribution is 5.95. The predicted molar refractivity (Wildman–Crippen MR) is 99.1 cm³/mol. The van der Waals surface area contributed by atoms with Crippen LogP contribution in [0.1, 0.15) is 46.3 Å². The van der Waals surface area contributed by atoms with Gasteiger partial charge in [0.05, 0.1) is 4.92 Å². The molecule has 0 N–H and O–H groups in total. The number of amides is 1. The zero-order chi connectivity index (χ0) is 19.8. The number of piperazine rings is 1. The molecule has 2 heterocycles. The highest BCUT2D eigenvalue weighted by atomic mass is 16.6. The monoisotopic (exact) mass is 381 g/mol. The van der Waals surface area contributed by atoms with Crippen LogP contribution in [-0.2, 0) is 0 Å². The standard InChI is InChI=1S/C19H19N5O4/c1-12-10-14(4-5-16(12)24(26)27)18(25)22-6-8-23(9-7-22)19-15(11-20)21-17(28-19)13-2-3-13/h4-5,10,13H,2-3,6-9H2,1H3. The van der Waals surface area contributed by atoms with Crippen LogP contribution in [0, 0.1) is 28.4 Å². The largest absolute Gasteiger partial charge is 0.423 e. The van der Waals surface area contributed by atoms with Gasteiger partial charge in [-0.05, 0) is 31.9 Å². The van der Waals surface area contributed by atoms with Gasteiger partial charge in [-0.3, -0.25) is 14.9 Å². The summed E-state index contributed by atoms with van der Waals surface area (Å²) in [6.45, 7) is 3.63. The fraction of sp³-hybridized carbons (Fsp3) is 0.421. The second-order valence-electron chi connectivity index (χ2n) is 7.13. The third kappa shape index (κ3) is 3.29. The van der Waals surface area contributed by atoms with Crippen LogP contribution in [0.15, 0.2) is 22.6 Å². The van der Waals surface area contributed by atoms with E-state index >= 15 is 0 Å². The average Bonchev–Trinajstić information content (AvgIpc) is 3.46. The minimum absolute atomic E-state index is 0.00203. The Balaban J connectivity index is 1.44. The van der Waals surface area contributed by atoms with Gasteiger partial charge in [-0.1, -0.05) is 0 Å². The Morgan fingerprint density at radius 1 is 1.32 bits per heavy atom. The topological polar surface area (TPSA) is 117 Å². The number of nitro groups is 1. The van der Waals surface area contributed by atoms with Crippen LogP contribution in [-0.4, -0.2) is 46.9 Å². The van der Waals surface area contributed by atoms with Gasteiger partial charge < -0.3 is 14.2 Å². The Kier molecular flexibility index (Phi) is 4.47. The predicted octanol–water partition coefficient (Wildman–Crippen LogP) is 2.60. The fourth-order valence-electron chi connectivity index (χ4n) is 3.41. The molecule has 1 aliphatic carbocycles. The van der Waals surface area contributed by atoms with E-state index < -0.39 is 4.92 Å². The molecule has 0 spiro atoms. The van der Waals surface area contributed by atoms with Crippen molar-refractivity contribution in [3.8, 4) is 6.07 Å². The van der Waals surface area contributed by atoms with E-state index in [4.69, 9.17) is 4.42 Å². The Morgan fingerprint density at radius 3 is 2.61 bits per heavy atom. The maximum atomic E-state index is 12.8. The molecular formula is C19H19N5O4. The average molecular weight is 381 g/mol. The molecule has 0 radical (unpaired) electrons. The number of oxazole rings is 1. The van der Waals surface area contributed by atoms with Crippen molar-refractivity contribution < 1.29 is 14.1 Å². The van der Waals surface area contributed by atoms with E-state index in [-0.39, 0.29) is 11.6 Å². The number of carbonyl (C=O) groups excluding carboxylic acids is 1. The molecule has 4 rings (SSSR count). The van der Waals surface area contributed by atoms with E-state index in [0.717, 1.165) is 12.8 Å². The zero-order valence-electron chi connectivity index (χ0n) is 15.4. The number of hydrogen-bond donors (Lipinski definition) is 0. The van der Waals surface area contributed by atoms with Gasteiger partial charge in [0.25, 0.3) is 11.6 Å². The lowest BCUT2D eigenvalue weighted by Crippen LogP contribution is -2.48. The molecule has 1 aliphatic heterocycles. The van der Waals surface area contributed by atoms with Crippen molar-refractivity contribution in [3.63, 3.8) is 0 Å². The van der Waals surface area contributed by atoms with Crippen LogP contribution >= 0.6 is 0 Å². The van der Waals surface area contributed by atoms with E-state index in [9.17, 15) is 20.2 Å². The summed E-state index contributed by atoms with van der Waals surface area (Å²) in [6, 6.07) is 6.51. The van der Waals surface area contributed by atoms with E-state index in [1.807, 2.05) is 4.90 Å². The first-order valence-corrected chi connectivity index (χ1v) is 9.18. The van der Waals surface area contributed by atoms with E-state index in [2.05, 4.69) is 11.1 Å². The second kappa shape index (κ2) is 6.96. The summed E-state index contributed by atoms with van der Waals surface area (Å²) >= 11 is 0. The molecule has 1 amide bonds. The van der Waals surface area contributed by atoms with Gasteiger partial charge >= 0.3 is 0 Å². The van der Waals surface area contributed by atoms with Gasteiger partial charge in [0.15, 0.2) is 0 Å². The summed E-state index contributed by atoms with van der Waals surface area (Å²) < 4.78 is 5.83. The SMILES string of the molecule is Cc1cc(C(=O)N2CCN(c3oc(C4CC4)nc3C#N)CC2)ccc1[N+](=O)[O-]. The first-order chi connectivity index (χ1) is 13.5. The van der Waals surface area contributed by atoms with Crippen molar-refractivity contribution in [2.24, 2.45) is 0 Å². The molecule has 2 aliphatic rings. The molecule has 1 aromatic carbocycles. The number of hydrogen-bond acceptors (Lipinski definition) is 7. The highest BCUT2D eigenvalue weighted by Crippen LogP contribution is 2.41. The number of rotatable bonds is 4. The molecular weight excluding hydrogens is 362 g/mol. The normalized spacial score (nSPS) is 16.7. The number of carbonyl (C=O) groups is 1. The minimum atomic E-state index is -0.456.